The lowest BCUT2D eigenvalue weighted by Crippen LogP contribution is -2.18. The van der Waals surface area contributed by atoms with Gasteiger partial charge in [0.15, 0.2) is 0 Å². The van der Waals surface area contributed by atoms with Crippen LogP contribution in [0.1, 0.15) is 24.1 Å². The van der Waals surface area contributed by atoms with Crippen LogP contribution >= 0.6 is 43.5 Å². The molecule has 0 fully saturated rings. The van der Waals surface area contributed by atoms with Gasteiger partial charge in [0.05, 0.1) is 12.6 Å². The van der Waals surface area contributed by atoms with Crippen LogP contribution in [0, 0.1) is 0 Å². The Hall–Kier alpha value is -0.550. The summed E-state index contributed by atoms with van der Waals surface area (Å²) in [6.45, 7) is 2.62. The first-order valence-corrected chi connectivity index (χ1v) is 8.57. The van der Waals surface area contributed by atoms with Crippen LogP contribution in [0.15, 0.2) is 45.3 Å². The molecule has 5 heteroatoms. The van der Waals surface area contributed by atoms with Gasteiger partial charge in [-0.1, -0.05) is 49.5 Å². The van der Waals surface area contributed by atoms with Gasteiger partial charge in [-0.15, -0.1) is 0 Å². The Morgan fingerprint density at radius 2 is 1.90 bits per heavy atom. The quantitative estimate of drug-likeness (QED) is 0.665. The first kappa shape index (κ1) is 16.8. The molecule has 1 unspecified atom stereocenters. The summed E-state index contributed by atoms with van der Waals surface area (Å²) in [6, 6.07) is 11.9. The summed E-state index contributed by atoms with van der Waals surface area (Å²) in [7, 11) is 1.92. The molecular formula is C16H16Br2ClNO. The average molecular weight is 434 g/mol. The second-order valence-corrected chi connectivity index (χ2v) is 6.68. The van der Waals surface area contributed by atoms with Crippen molar-refractivity contribution in [1.82, 2.24) is 5.32 Å². The molecule has 0 aromatic heterocycles. The summed E-state index contributed by atoms with van der Waals surface area (Å²) < 4.78 is 7.51. The van der Waals surface area contributed by atoms with E-state index in [2.05, 4.69) is 37.2 Å². The first-order valence-electron chi connectivity index (χ1n) is 6.61. The van der Waals surface area contributed by atoms with Crippen molar-refractivity contribution in [2.75, 3.05) is 13.7 Å². The molecule has 2 nitrogen and oxygen atoms in total. The maximum Gasteiger partial charge on any atom is 0.120 e. The zero-order chi connectivity index (χ0) is 15.4. The third-order valence-corrected chi connectivity index (χ3v) is 4.68. The molecule has 2 aromatic carbocycles. The summed E-state index contributed by atoms with van der Waals surface area (Å²) >= 11 is 13.5. The van der Waals surface area contributed by atoms with Gasteiger partial charge in [0.1, 0.15) is 5.75 Å². The molecule has 1 atom stereocenters. The highest BCUT2D eigenvalue weighted by Gasteiger charge is 2.18. The standard InChI is InChI=1S/C16H16Br2ClNO/c1-3-21-11-5-6-12(14(18)9-11)16(20-2)13-8-10(17)4-7-15(13)19/h4-9,16,20H,3H2,1-2H3. The molecule has 0 amide bonds. The Kier molecular flexibility index (Phi) is 6.11. The van der Waals surface area contributed by atoms with Crippen molar-refractivity contribution in [3.63, 3.8) is 0 Å². The van der Waals surface area contributed by atoms with Gasteiger partial charge < -0.3 is 10.1 Å². The number of rotatable bonds is 5. The van der Waals surface area contributed by atoms with Gasteiger partial charge in [0, 0.05) is 14.0 Å². The van der Waals surface area contributed by atoms with Crippen LogP contribution in [0.4, 0.5) is 0 Å². The van der Waals surface area contributed by atoms with Gasteiger partial charge in [-0.2, -0.15) is 0 Å². The van der Waals surface area contributed by atoms with E-state index in [4.69, 9.17) is 16.3 Å². The number of nitrogens with one attached hydrogen (secondary N) is 1. The summed E-state index contributed by atoms with van der Waals surface area (Å²) in [5.41, 5.74) is 2.14. The molecule has 0 saturated heterocycles. The van der Waals surface area contributed by atoms with Crippen molar-refractivity contribution >= 4 is 43.5 Å². The lowest BCUT2D eigenvalue weighted by Gasteiger charge is -2.21. The number of halogens is 3. The summed E-state index contributed by atoms with van der Waals surface area (Å²) in [4.78, 5) is 0. The van der Waals surface area contributed by atoms with E-state index in [1.807, 2.05) is 50.4 Å². The molecule has 21 heavy (non-hydrogen) atoms. The molecule has 112 valence electrons. The Morgan fingerprint density at radius 3 is 2.52 bits per heavy atom. The molecule has 0 heterocycles. The molecule has 1 N–H and O–H groups in total. The molecule has 2 rings (SSSR count). The number of hydrogen-bond donors (Lipinski definition) is 1. The summed E-state index contributed by atoms with van der Waals surface area (Å²) in [5, 5.41) is 4.05. The Morgan fingerprint density at radius 1 is 1.14 bits per heavy atom. The lowest BCUT2D eigenvalue weighted by atomic mass is 9.98. The molecule has 0 saturated carbocycles. The summed E-state index contributed by atoms with van der Waals surface area (Å²) in [5.74, 6) is 0.850. The van der Waals surface area contributed by atoms with Crippen molar-refractivity contribution < 1.29 is 4.74 Å². The van der Waals surface area contributed by atoms with Crippen LogP contribution in [-0.2, 0) is 0 Å². The topological polar surface area (TPSA) is 21.3 Å². The average Bonchev–Trinajstić information content (AvgIpc) is 2.46. The molecule has 0 aliphatic heterocycles. The van der Waals surface area contributed by atoms with E-state index in [1.165, 1.54) is 0 Å². The summed E-state index contributed by atoms with van der Waals surface area (Å²) in [6.07, 6.45) is 0. The zero-order valence-electron chi connectivity index (χ0n) is 11.8. The second kappa shape index (κ2) is 7.63. The largest absolute Gasteiger partial charge is 0.494 e. The third kappa shape index (κ3) is 4.01. The van der Waals surface area contributed by atoms with E-state index in [0.717, 1.165) is 30.8 Å². The van der Waals surface area contributed by atoms with E-state index in [1.54, 1.807) is 0 Å². The monoisotopic (exact) mass is 431 g/mol. The fourth-order valence-corrected chi connectivity index (χ4v) is 3.40. The molecular weight excluding hydrogens is 417 g/mol. The SMILES string of the molecule is CCOc1ccc(C(NC)c2cc(Br)ccc2Cl)c(Br)c1. The van der Waals surface area contributed by atoms with E-state index in [9.17, 15) is 0 Å². The normalized spacial score (nSPS) is 12.2. The minimum atomic E-state index is 0.0000477. The fourth-order valence-electron chi connectivity index (χ4n) is 2.21. The minimum Gasteiger partial charge on any atom is -0.494 e. The van der Waals surface area contributed by atoms with Crippen molar-refractivity contribution in [2.45, 2.75) is 13.0 Å². The molecule has 0 spiro atoms. The van der Waals surface area contributed by atoms with Crippen LogP contribution in [0.2, 0.25) is 5.02 Å². The smallest absolute Gasteiger partial charge is 0.120 e. The van der Waals surface area contributed by atoms with Gasteiger partial charge in [-0.25, -0.2) is 0 Å². The van der Waals surface area contributed by atoms with Crippen molar-refractivity contribution in [1.29, 1.82) is 0 Å². The number of ether oxygens (including phenoxy) is 1. The Bertz CT molecular complexity index is 634. The first-order chi connectivity index (χ1) is 10.1. The van der Waals surface area contributed by atoms with E-state index < -0.39 is 0 Å². The molecule has 0 radical (unpaired) electrons. The predicted octanol–water partition coefficient (Wildman–Crippen LogP) is 5.57. The third-order valence-electron chi connectivity index (χ3n) is 3.15. The van der Waals surface area contributed by atoms with Crippen molar-refractivity contribution in [3.8, 4) is 5.75 Å². The zero-order valence-corrected chi connectivity index (χ0v) is 15.7. The van der Waals surface area contributed by atoms with Crippen LogP contribution in [0.5, 0.6) is 5.75 Å². The number of benzene rings is 2. The van der Waals surface area contributed by atoms with Gasteiger partial charge in [0.2, 0.25) is 0 Å². The molecule has 2 aromatic rings. The maximum atomic E-state index is 6.35. The van der Waals surface area contributed by atoms with E-state index in [0.29, 0.717) is 6.61 Å². The highest BCUT2D eigenvalue weighted by Crippen LogP contribution is 2.35. The molecule has 0 bridgehead atoms. The van der Waals surface area contributed by atoms with Gasteiger partial charge in [-0.3, -0.25) is 0 Å². The second-order valence-electron chi connectivity index (χ2n) is 4.50. The van der Waals surface area contributed by atoms with Crippen LogP contribution in [-0.4, -0.2) is 13.7 Å². The Balaban J connectivity index is 2.44. The predicted molar refractivity (Wildman–Crippen MR) is 95.4 cm³/mol. The van der Waals surface area contributed by atoms with Crippen LogP contribution < -0.4 is 10.1 Å². The lowest BCUT2D eigenvalue weighted by molar-refractivity contribution is 0.340. The molecule has 0 aliphatic carbocycles. The highest BCUT2D eigenvalue weighted by atomic mass is 79.9. The Labute approximate surface area is 147 Å². The highest BCUT2D eigenvalue weighted by molar-refractivity contribution is 9.10. The van der Waals surface area contributed by atoms with Crippen molar-refractivity contribution in [2.24, 2.45) is 0 Å². The maximum absolute atomic E-state index is 6.35. The molecule has 0 aliphatic rings. The van der Waals surface area contributed by atoms with Gasteiger partial charge in [-0.05, 0) is 55.4 Å². The van der Waals surface area contributed by atoms with E-state index >= 15 is 0 Å². The fraction of sp³-hybridized carbons (Fsp3) is 0.250. The van der Waals surface area contributed by atoms with Gasteiger partial charge >= 0.3 is 0 Å². The number of hydrogen-bond acceptors (Lipinski definition) is 2. The minimum absolute atomic E-state index is 0.0000477. The van der Waals surface area contributed by atoms with Crippen LogP contribution in [0.3, 0.4) is 0 Å². The van der Waals surface area contributed by atoms with Gasteiger partial charge in [0.25, 0.3) is 0 Å². The van der Waals surface area contributed by atoms with Crippen LogP contribution in [0.25, 0.3) is 0 Å². The van der Waals surface area contributed by atoms with E-state index in [-0.39, 0.29) is 6.04 Å². The van der Waals surface area contributed by atoms with Crippen molar-refractivity contribution in [3.05, 3.63) is 61.5 Å².